The molecule has 1 saturated heterocycles. The Bertz CT molecular complexity index is 442. The van der Waals surface area contributed by atoms with Gasteiger partial charge >= 0.3 is 0 Å². The Labute approximate surface area is 119 Å². The zero-order valence-corrected chi connectivity index (χ0v) is 12.2. The van der Waals surface area contributed by atoms with Gasteiger partial charge in [0.1, 0.15) is 0 Å². The first-order chi connectivity index (χ1) is 8.96. The van der Waals surface area contributed by atoms with Gasteiger partial charge < -0.3 is 4.74 Å². The lowest BCUT2D eigenvalue weighted by Crippen LogP contribution is -2.48. The molecule has 19 heavy (non-hydrogen) atoms. The third-order valence-corrected chi connectivity index (χ3v) is 3.58. The molecule has 4 heteroatoms. The molecule has 1 fully saturated rings. The van der Waals surface area contributed by atoms with E-state index in [1.165, 1.54) is 0 Å². The highest BCUT2D eigenvalue weighted by Gasteiger charge is 2.27. The van der Waals surface area contributed by atoms with Crippen molar-refractivity contribution in [2.45, 2.75) is 25.9 Å². The molecule has 1 aromatic carbocycles. The number of ether oxygens (including phenoxy) is 1. The molecule has 2 rings (SSSR count). The SMILES string of the molecule is CC1(C)CN(CCC(=O)c2ccc(Cl)cc2)CCO1. The first-order valence-electron chi connectivity index (χ1n) is 6.61. The molecule has 0 spiro atoms. The summed E-state index contributed by atoms with van der Waals surface area (Å²) >= 11 is 5.81. The Balaban J connectivity index is 1.85. The van der Waals surface area contributed by atoms with E-state index < -0.39 is 0 Å². The van der Waals surface area contributed by atoms with Crippen LogP contribution in [0.15, 0.2) is 24.3 Å². The van der Waals surface area contributed by atoms with E-state index in [1.54, 1.807) is 24.3 Å². The fraction of sp³-hybridized carbons (Fsp3) is 0.533. The minimum Gasteiger partial charge on any atom is -0.373 e. The molecule has 0 radical (unpaired) electrons. The number of ketones is 1. The van der Waals surface area contributed by atoms with Gasteiger partial charge in [0.15, 0.2) is 5.78 Å². The molecule has 0 amide bonds. The van der Waals surface area contributed by atoms with E-state index >= 15 is 0 Å². The van der Waals surface area contributed by atoms with Gasteiger partial charge in [-0.3, -0.25) is 9.69 Å². The number of rotatable bonds is 4. The van der Waals surface area contributed by atoms with Crippen LogP contribution in [-0.4, -0.2) is 42.5 Å². The molecular weight excluding hydrogens is 262 g/mol. The van der Waals surface area contributed by atoms with Gasteiger partial charge in [-0.25, -0.2) is 0 Å². The molecule has 1 aromatic rings. The molecule has 0 N–H and O–H groups in total. The van der Waals surface area contributed by atoms with Crippen LogP contribution < -0.4 is 0 Å². The van der Waals surface area contributed by atoms with Gasteiger partial charge in [-0.2, -0.15) is 0 Å². The lowest BCUT2D eigenvalue weighted by atomic mass is 10.1. The fourth-order valence-corrected chi connectivity index (χ4v) is 2.47. The summed E-state index contributed by atoms with van der Waals surface area (Å²) in [6, 6.07) is 7.08. The smallest absolute Gasteiger partial charge is 0.164 e. The molecule has 3 nitrogen and oxygen atoms in total. The number of morpholine rings is 1. The number of hydrogen-bond acceptors (Lipinski definition) is 3. The monoisotopic (exact) mass is 281 g/mol. The summed E-state index contributed by atoms with van der Waals surface area (Å²) in [6.45, 7) is 7.47. The van der Waals surface area contributed by atoms with Crippen molar-refractivity contribution in [1.29, 1.82) is 0 Å². The average Bonchev–Trinajstić information content (AvgIpc) is 2.36. The number of halogens is 1. The standard InChI is InChI=1S/C15H20ClNO2/c1-15(2)11-17(9-10-19-15)8-7-14(18)12-3-5-13(16)6-4-12/h3-6H,7-11H2,1-2H3. The molecule has 0 atom stereocenters. The molecule has 104 valence electrons. The van der Waals surface area contributed by atoms with Crippen molar-refractivity contribution in [3.63, 3.8) is 0 Å². The molecule has 0 unspecified atom stereocenters. The largest absolute Gasteiger partial charge is 0.373 e. The van der Waals surface area contributed by atoms with E-state index in [4.69, 9.17) is 16.3 Å². The van der Waals surface area contributed by atoms with Crippen LogP contribution in [0.3, 0.4) is 0 Å². The summed E-state index contributed by atoms with van der Waals surface area (Å²) in [7, 11) is 0. The van der Waals surface area contributed by atoms with Crippen molar-refractivity contribution in [3.05, 3.63) is 34.9 Å². The second-order valence-corrected chi connectivity index (χ2v) is 6.00. The Hall–Kier alpha value is -0.900. The first kappa shape index (κ1) is 14.5. The number of nitrogens with zero attached hydrogens (tertiary/aromatic N) is 1. The number of hydrogen-bond donors (Lipinski definition) is 0. The number of carbonyl (C=O) groups is 1. The lowest BCUT2D eigenvalue weighted by molar-refractivity contribution is -0.0855. The summed E-state index contributed by atoms with van der Waals surface area (Å²) < 4.78 is 5.66. The molecule has 0 aliphatic carbocycles. The molecule has 0 bridgehead atoms. The van der Waals surface area contributed by atoms with Crippen LogP contribution in [0.2, 0.25) is 5.02 Å². The Morgan fingerprint density at radius 2 is 2.05 bits per heavy atom. The van der Waals surface area contributed by atoms with E-state index in [1.807, 2.05) is 0 Å². The maximum Gasteiger partial charge on any atom is 0.164 e. The molecule has 1 aliphatic rings. The predicted octanol–water partition coefficient (Wildman–Crippen LogP) is 3.02. The van der Waals surface area contributed by atoms with Crippen LogP contribution in [0.4, 0.5) is 0 Å². The van der Waals surface area contributed by atoms with E-state index in [2.05, 4.69) is 18.7 Å². The van der Waals surface area contributed by atoms with Crippen LogP contribution in [0.5, 0.6) is 0 Å². The van der Waals surface area contributed by atoms with Gasteiger partial charge in [-0.15, -0.1) is 0 Å². The van der Waals surface area contributed by atoms with Crippen molar-refractivity contribution in [3.8, 4) is 0 Å². The third-order valence-electron chi connectivity index (χ3n) is 3.33. The van der Waals surface area contributed by atoms with Gasteiger partial charge in [-0.05, 0) is 38.1 Å². The topological polar surface area (TPSA) is 29.5 Å². The van der Waals surface area contributed by atoms with E-state index in [0.29, 0.717) is 11.4 Å². The predicted molar refractivity (Wildman–Crippen MR) is 76.9 cm³/mol. The highest BCUT2D eigenvalue weighted by Crippen LogP contribution is 2.17. The molecule has 1 heterocycles. The van der Waals surface area contributed by atoms with Crippen LogP contribution >= 0.6 is 11.6 Å². The van der Waals surface area contributed by atoms with Gasteiger partial charge in [0, 0.05) is 36.6 Å². The van der Waals surface area contributed by atoms with Crippen LogP contribution in [0.1, 0.15) is 30.6 Å². The van der Waals surface area contributed by atoms with E-state index in [9.17, 15) is 4.79 Å². The van der Waals surface area contributed by atoms with Crippen LogP contribution in [0, 0.1) is 0 Å². The van der Waals surface area contributed by atoms with E-state index in [-0.39, 0.29) is 11.4 Å². The van der Waals surface area contributed by atoms with Gasteiger partial charge in [-0.1, -0.05) is 11.6 Å². The summed E-state index contributed by atoms with van der Waals surface area (Å²) in [6.07, 6.45) is 0.539. The molecule has 1 aliphatic heterocycles. The zero-order chi connectivity index (χ0) is 13.9. The summed E-state index contributed by atoms with van der Waals surface area (Å²) in [5.41, 5.74) is 0.624. The quantitative estimate of drug-likeness (QED) is 0.795. The highest BCUT2D eigenvalue weighted by atomic mass is 35.5. The maximum absolute atomic E-state index is 12.1. The third kappa shape index (κ3) is 4.30. The normalized spacial score (nSPS) is 19.3. The van der Waals surface area contributed by atoms with Gasteiger partial charge in [0.25, 0.3) is 0 Å². The summed E-state index contributed by atoms with van der Waals surface area (Å²) in [5.74, 6) is 0.168. The number of carbonyl (C=O) groups excluding carboxylic acids is 1. The zero-order valence-electron chi connectivity index (χ0n) is 11.5. The minimum atomic E-state index is -0.110. The van der Waals surface area contributed by atoms with Crippen LogP contribution in [-0.2, 0) is 4.74 Å². The van der Waals surface area contributed by atoms with Crippen molar-refractivity contribution >= 4 is 17.4 Å². The average molecular weight is 282 g/mol. The fourth-order valence-electron chi connectivity index (χ4n) is 2.34. The van der Waals surface area contributed by atoms with Crippen molar-refractivity contribution in [2.24, 2.45) is 0 Å². The molecular formula is C15H20ClNO2. The van der Waals surface area contributed by atoms with E-state index in [0.717, 1.165) is 31.8 Å². The summed E-state index contributed by atoms with van der Waals surface area (Å²) in [5, 5.41) is 0.659. The molecule has 0 aromatic heterocycles. The van der Waals surface area contributed by atoms with Crippen molar-refractivity contribution in [1.82, 2.24) is 4.90 Å². The van der Waals surface area contributed by atoms with Crippen molar-refractivity contribution < 1.29 is 9.53 Å². The Morgan fingerprint density at radius 1 is 1.37 bits per heavy atom. The van der Waals surface area contributed by atoms with Gasteiger partial charge in [0.05, 0.1) is 12.2 Å². The van der Waals surface area contributed by atoms with Crippen LogP contribution in [0.25, 0.3) is 0 Å². The second-order valence-electron chi connectivity index (χ2n) is 5.56. The lowest BCUT2D eigenvalue weighted by Gasteiger charge is -2.38. The molecule has 0 saturated carbocycles. The highest BCUT2D eigenvalue weighted by molar-refractivity contribution is 6.30. The minimum absolute atomic E-state index is 0.110. The number of benzene rings is 1. The maximum atomic E-state index is 12.1. The second kappa shape index (κ2) is 6.04. The Kier molecular flexibility index (Phi) is 4.61. The summed E-state index contributed by atoms with van der Waals surface area (Å²) in [4.78, 5) is 14.3. The first-order valence-corrected chi connectivity index (χ1v) is 6.99. The Morgan fingerprint density at radius 3 is 2.68 bits per heavy atom. The van der Waals surface area contributed by atoms with Gasteiger partial charge in [0.2, 0.25) is 0 Å². The van der Waals surface area contributed by atoms with Crippen molar-refractivity contribution in [2.75, 3.05) is 26.2 Å². The number of Topliss-reactive ketones (excluding diaryl/α,β-unsaturated/α-hetero) is 1.